The van der Waals surface area contributed by atoms with E-state index in [0.717, 1.165) is 5.52 Å². The number of nitrogens with zero attached hydrogens (tertiary/aromatic N) is 2. The Labute approximate surface area is 82.3 Å². The lowest BCUT2D eigenvalue weighted by Crippen LogP contribution is -1.81. The molecule has 1 aromatic heterocycles. The molecule has 0 N–H and O–H groups in total. The molecule has 0 aliphatic carbocycles. The average molecular weight is 260 g/mol. The third kappa shape index (κ3) is 1.38. The number of benzene rings is 1. The molecule has 58 valence electrons. The van der Waals surface area contributed by atoms with E-state index in [1.165, 1.54) is 5.52 Å². The molecule has 0 aliphatic rings. The van der Waals surface area contributed by atoms with Crippen LogP contribution in [0.5, 0.6) is 0 Å². The van der Waals surface area contributed by atoms with E-state index in [9.17, 15) is 0 Å². The molecule has 0 amide bonds. The Balaban J connectivity index is 0.000000605. The van der Waals surface area contributed by atoms with Crippen molar-refractivity contribution in [3.63, 3.8) is 0 Å². The Morgan fingerprint density at radius 1 is 1.27 bits per heavy atom. The molecule has 0 fully saturated rings. The largest absolute Gasteiger partial charge is 0.334 e. The Kier molecular flexibility index (Phi) is 2.49. The van der Waals surface area contributed by atoms with Crippen LogP contribution in [0.25, 0.3) is 11.0 Å². The van der Waals surface area contributed by atoms with Crippen LogP contribution >= 0.6 is 24.0 Å². The number of hydrogen-bond donors (Lipinski definition) is 0. The van der Waals surface area contributed by atoms with Gasteiger partial charge in [0.25, 0.3) is 0 Å². The van der Waals surface area contributed by atoms with Gasteiger partial charge in [-0.2, -0.15) is 0 Å². The summed E-state index contributed by atoms with van der Waals surface area (Å²) in [5.74, 6) is 0. The second kappa shape index (κ2) is 3.21. The molecule has 11 heavy (non-hydrogen) atoms. The number of fused-ring (bicyclic) bond motifs is 1. The third-order valence-corrected chi connectivity index (χ3v) is 1.63. The van der Waals surface area contributed by atoms with Gasteiger partial charge in [-0.3, -0.25) is 0 Å². The van der Waals surface area contributed by atoms with Crippen LogP contribution in [-0.4, -0.2) is 9.55 Å². The topological polar surface area (TPSA) is 17.8 Å². The monoisotopic (exact) mass is 260 g/mol. The lowest BCUT2D eigenvalue weighted by atomic mass is 10.3. The zero-order chi connectivity index (χ0) is 6.97. The minimum absolute atomic E-state index is 0. The van der Waals surface area contributed by atoms with Crippen molar-refractivity contribution in [3.8, 4) is 0 Å². The van der Waals surface area contributed by atoms with Gasteiger partial charge < -0.3 is 4.57 Å². The molecular formula is C8H9IN2. The highest BCUT2D eigenvalue weighted by molar-refractivity contribution is 14.0. The summed E-state index contributed by atoms with van der Waals surface area (Å²) in [6.45, 7) is 0. The first-order valence-corrected chi connectivity index (χ1v) is 3.24. The number of aromatic nitrogens is 2. The second-order valence-electron chi connectivity index (χ2n) is 2.34. The van der Waals surface area contributed by atoms with Crippen molar-refractivity contribution >= 4 is 35.0 Å². The predicted octanol–water partition coefficient (Wildman–Crippen LogP) is 2.19. The minimum Gasteiger partial charge on any atom is -0.334 e. The molecule has 3 heteroatoms. The van der Waals surface area contributed by atoms with E-state index in [1.54, 1.807) is 0 Å². The normalized spacial score (nSPS) is 9.55. The molecule has 2 nitrogen and oxygen atoms in total. The highest BCUT2D eigenvalue weighted by Gasteiger charge is 1.93. The molecule has 0 radical (unpaired) electrons. The summed E-state index contributed by atoms with van der Waals surface area (Å²) >= 11 is 0. The van der Waals surface area contributed by atoms with E-state index < -0.39 is 0 Å². The van der Waals surface area contributed by atoms with Crippen LogP contribution in [0.3, 0.4) is 0 Å². The van der Waals surface area contributed by atoms with Crippen molar-refractivity contribution in [2.24, 2.45) is 7.05 Å². The Morgan fingerprint density at radius 2 is 2.00 bits per heavy atom. The number of imidazole rings is 1. The maximum absolute atomic E-state index is 4.18. The first kappa shape index (κ1) is 8.52. The van der Waals surface area contributed by atoms with Crippen LogP contribution in [0.1, 0.15) is 0 Å². The fourth-order valence-electron chi connectivity index (χ4n) is 1.08. The van der Waals surface area contributed by atoms with E-state index in [-0.39, 0.29) is 24.0 Å². The van der Waals surface area contributed by atoms with Crippen molar-refractivity contribution in [1.82, 2.24) is 9.55 Å². The van der Waals surface area contributed by atoms with Crippen molar-refractivity contribution in [2.45, 2.75) is 0 Å². The van der Waals surface area contributed by atoms with Crippen molar-refractivity contribution in [2.75, 3.05) is 0 Å². The first-order chi connectivity index (χ1) is 4.88. The summed E-state index contributed by atoms with van der Waals surface area (Å²) in [5, 5.41) is 0. The molecule has 0 aliphatic heterocycles. The van der Waals surface area contributed by atoms with Gasteiger partial charge in [0.05, 0.1) is 17.4 Å². The number of rotatable bonds is 0. The van der Waals surface area contributed by atoms with Crippen LogP contribution in [0.15, 0.2) is 30.6 Å². The summed E-state index contributed by atoms with van der Waals surface area (Å²) in [6.07, 6.45) is 1.82. The number of para-hydroxylation sites is 2. The molecule has 2 aromatic rings. The summed E-state index contributed by atoms with van der Waals surface area (Å²) in [6, 6.07) is 8.08. The van der Waals surface area contributed by atoms with Gasteiger partial charge in [-0.25, -0.2) is 4.98 Å². The average Bonchev–Trinajstić information content (AvgIpc) is 2.34. The summed E-state index contributed by atoms with van der Waals surface area (Å²) in [7, 11) is 2.00. The number of halogens is 1. The third-order valence-electron chi connectivity index (χ3n) is 1.63. The summed E-state index contributed by atoms with van der Waals surface area (Å²) < 4.78 is 2.01. The molecule has 0 spiro atoms. The van der Waals surface area contributed by atoms with Gasteiger partial charge in [-0.15, -0.1) is 24.0 Å². The lowest BCUT2D eigenvalue weighted by molar-refractivity contribution is 0.948. The Bertz CT molecular complexity index is 354. The van der Waals surface area contributed by atoms with E-state index in [2.05, 4.69) is 11.1 Å². The molecule has 1 heterocycles. The lowest BCUT2D eigenvalue weighted by Gasteiger charge is -1.90. The quantitative estimate of drug-likeness (QED) is 0.664. The van der Waals surface area contributed by atoms with Gasteiger partial charge in [0.15, 0.2) is 0 Å². The summed E-state index contributed by atoms with van der Waals surface area (Å²) in [4.78, 5) is 4.18. The smallest absolute Gasteiger partial charge is 0.0955 e. The van der Waals surface area contributed by atoms with Gasteiger partial charge in [-0.05, 0) is 12.1 Å². The zero-order valence-corrected chi connectivity index (χ0v) is 8.52. The number of hydrogen-bond acceptors (Lipinski definition) is 1. The van der Waals surface area contributed by atoms with Gasteiger partial charge in [0, 0.05) is 7.05 Å². The zero-order valence-electron chi connectivity index (χ0n) is 6.19. The van der Waals surface area contributed by atoms with Crippen molar-refractivity contribution < 1.29 is 0 Å². The standard InChI is InChI=1S/C8H8N2.HI/c1-10-6-9-7-4-2-3-5-8(7)10;/h2-6H,1H3;1H. The minimum atomic E-state index is 0. The van der Waals surface area contributed by atoms with Crippen LogP contribution in [0.2, 0.25) is 0 Å². The van der Waals surface area contributed by atoms with Crippen LogP contribution in [-0.2, 0) is 7.05 Å². The highest BCUT2D eigenvalue weighted by Crippen LogP contribution is 2.08. The van der Waals surface area contributed by atoms with Gasteiger partial charge in [0.2, 0.25) is 0 Å². The second-order valence-corrected chi connectivity index (χ2v) is 2.34. The van der Waals surface area contributed by atoms with Crippen LogP contribution in [0, 0.1) is 0 Å². The summed E-state index contributed by atoms with van der Waals surface area (Å²) in [5.41, 5.74) is 2.24. The van der Waals surface area contributed by atoms with Gasteiger partial charge >= 0.3 is 0 Å². The molecule has 2 rings (SSSR count). The SMILES string of the molecule is Cn1cnc2ccccc21.I. The molecule has 1 aromatic carbocycles. The molecule has 0 saturated heterocycles. The first-order valence-electron chi connectivity index (χ1n) is 3.24. The van der Waals surface area contributed by atoms with Crippen molar-refractivity contribution in [3.05, 3.63) is 30.6 Å². The van der Waals surface area contributed by atoms with Gasteiger partial charge in [-0.1, -0.05) is 12.1 Å². The Morgan fingerprint density at radius 3 is 2.73 bits per heavy atom. The van der Waals surface area contributed by atoms with Gasteiger partial charge in [0.1, 0.15) is 0 Å². The molecule has 0 unspecified atom stereocenters. The molecule has 0 bridgehead atoms. The molecule has 0 atom stereocenters. The van der Waals surface area contributed by atoms with E-state index in [1.807, 2.05) is 36.1 Å². The van der Waals surface area contributed by atoms with Crippen LogP contribution in [0.4, 0.5) is 0 Å². The molecular weight excluding hydrogens is 251 g/mol. The maximum atomic E-state index is 4.18. The predicted molar refractivity (Wildman–Crippen MR) is 56.1 cm³/mol. The van der Waals surface area contributed by atoms with E-state index >= 15 is 0 Å². The van der Waals surface area contributed by atoms with Crippen LogP contribution < -0.4 is 0 Å². The number of aryl methyl sites for hydroxylation is 1. The fraction of sp³-hybridized carbons (Fsp3) is 0.125. The van der Waals surface area contributed by atoms with E-state index in [4.69, 9.17) is 0 Å². The Hall–Kier alpha value is -0.580. The van der Waals surface area contributed by atoms with Crippen molar-refractivity contribution in [1.29, 1.82) is 0 Å². The maximum Gasteiger partial charge on any atom is 0.0955 e. The molecule has 0 saturated carbocycles. The van der Waals surface area contributed by atoms with E-state index in [0.29, 0.717) is 0 Å². The fourth-order valence-corrected chi connectivity index (χ4v) is 1.08. The highest BCUT2D eigenvalue weighted by atomic mass is 127.